The molecule has 0 saturated carbocycles. The van der Waals surface area contributed by atoms with Gasteiger partial charge in [0.25, 0.3) is 10.0 Å². The topological polar surface area (TPSA) is 75.6 Å². The number of aliphatic hydroxyl groups is 1. The summed E-state index contributed by atoms with van der Waals surface area (Å²) >= 11 is 4.28. The molecule has 1 aromatic heterocycles. The number of benzene rings is 1. The van der Waals surface area contributed by atoms with Gasteiger partial charge >= 0.3 is 0 Å². The summed E-state index contributed by atoms with van der Waals surface area (Å²) in [7, 11) is -2.56. The van der Waals surface area contributed by atoms with E-state index < -0.39 is 15.8 Å². The van der Waals surface area contributed by atoms with Crippen molar-refractivity contribution >= 4 is 43.0 Å². The molecule has 0 spiro atoms. The fourth-order valence-electron chi connectivity index (χ4n) is 1.59. The number of sulfonamides is 1. The van der Waals surface area contributed by atoms with Crippen molar-refractivity contribution in [3.63, 3.8) is 0 Å². The van der Waals surface area contributed by atoms with Crippen molar-refractivity contribution in [3.05, 3.63) is 38.7 Å². The van der Waals surface area contributed by atoms with E-state index in [0.717, 1.165) is 17.4 Å². The van der Waals surface area contributed by atoms with E-state index in [4.69, 9.17) is 9.84 Å². The first-order chi connectivity index (χ1) is 9.87. The Bertz CT molecular complexity index is 761. The SMILES string of the molecule is COc1cc(NS(=O)(=O)c2cc(CO)sc2Br)ccc1F. The number of anilines is 1. The average Bonchev–Trinajstić information content (AvgIpc) is 2.83. The maximum absolute atomic E-state index is 13.3. The van der Waals surface area contributed by atoms with Crippen molar-refractivity contribution < 1.29 is 22.7 Å². The van der Waals surface area contributed by atoms with Gasteiger partial charge in [0.1, 0.15) is 4.90 Å². The van der Waals surface area contributed by atoms with E-state index in [2.05, 4.69) is 20.7 Å². The van der Waals surface area contributed by atoms with Crippen molar-refractivity contribution in [3.8, 4) is 5.75 Å². The van der Waals surface area contributed by atoms with Crippen LogP contribution in [0.3, 0.4) is 0 Å². The van der Waals surface area contributed by atoms with Gasteiger partial charge in [0.05, 0.1) is 23.2 Å². The van der Waals surface area contributed by atoms with Crippen LogP contribution in [0, 0.1) is 5.82 Å². The van der Waals surface area contributed by atoms with Crippen LogP contribution in [-0.2, 0) is 16.6 Å². The number of nitrogens with one attached hydrogen (secondary N) is 1. The van der Waals surface area contributed by atoms with Gasteiger partial charge in [-0.05, 0) is 34.1 Å². The van der Waals surface area contributed by atoms with E-state index in [0.29, 0.717) is 8.66 Å². The predicted octanol–water partition coefficient (Wildman–Crippen LogP) is 2.95. The highest BCUT2D eigenvalue weighted by atomic mass is 79.9. The third-order valence-electron chi connectivity index (χ3n) is 2.56. The van der Waals surface area contributed by atoms with Crippen molar-refractivity contribution in [2.45, 2.75) is 11.5 Å². The highest BCUT2D eigenvalue weighted by Crippen LogP contribution is 2.33. The molecule has 1 aromatic carbocycles. The maximum atomic E-state index is 13.3. The molecular weight excluding hydrogens is 385 g/mol. The third-order valence-corrected chi connectivity index (χ3v) is 6.17. The van der Waals surface area contributed by atoms with Gasteiger partial charge in [0.15, 0.2) is 11.6 Å². The van der Waals surface area contributed by atoms with Crippen molar-refractivity contribution in [1.29, 1.82) is 0 Å². The van der Waals surface area contributed by atoms with E-state index in [9.17, 15) is 12.8 Å². The van der Waals surface area contributed by atoms with Crippen LogP contribution in [0.15, 0.2) is 32.9 Å². The Morgan fingerprint density at radius 3 is 2.71 bits per heavy atom. The molecule has 0 aliphatic rings. The standard InChI is InChI=1S/C12H11BrFNO4S2/c1-19-10-4-7(2-3-9(10)14)15-21(17,18)11-5-8(6-16)20-12(11)13/h2-5,15-16H,6H2,1H3. The smallest absolute Gasteiger partial charge is 0.263 e. The molecule has 0 amide bonds. The maximum Gasteiger partial charge on any atom is 0.263 e. The van der Waals surface area contributed by atoms with Crippen LogP contribution >= 0.6 is 27.3 Å². The van der Waals surface area contributed by atoms with Crippen LogP contribution in [0.4, 0.5) is 10.1 Å². The lowest BCUT2D eigenvalue weighted by Crippen LogP contribution is -2.12. The van der Waals surface area contributed by atoms with Gasteiger partial charge in [0.2, 0.25) is 0 Å². The van der Waals surface area contributed by atoms with Crippen LogP contribution in [0.5, 0.6) is 5.75 Å². The number of aliphatic hydroxyl groups excluding tert-OH is 1. The summed E-state index contributed by atoms with van der Waals surface area (Å²) in [6, 6.07) is 5.03. The molecule has 0 atom stereocenters. The molecular formula is C12H11BrFNO4S2. The number of rotatable bonds is 5. The molecule has 0 radical (unpaired) electrons. The molecule has 2 N–H and O–H groups in total. The zero-order valence-corrected chi connectivity index (χ0v) is 14.0. The van der Waals surface area contributed by atoms with E-state index in [1.807, 2.05) is 0 Å². The number of thiophene rings is 1. The Kier molecular flexibility index (Phi) is 4.87. The number of ether oxygens (including phenoxy) is 1. The second kappa shape index (κ2) is 6.30. The number of hydrogen-bond acceptors (Lipinski definition) is 5. The second-order valence-electron chi connectivity index (χ2n) is 3.96. The highest BCUT2D eigenvalue weighted by molar-refractivity contribution is 9.11. The summed E-state index contributed by atoms with van der Waals surface area (Å²) in [5, 5.41) is 9.05. The first kappa shape index (κ1) is 16.2. The van der Waals surface area contributed by atoms with Gasteiger partial charge in [-0.1, -0.05) is 0 Å². The van der Waals surface area contributed by atoms with Crippen LogP contribution in [0.2, 0.25) is 0 Å². The zero-order chi connectivity index (χ0) is 15.6. The Labute approximate surface area is 133 Å². The van der Waals surface area contributed by atoms with Gasteiger partial charge < -0.3 is 9.84 Å². The molecule has 0 aliphatic heterocycles. The van der Waals surface area contributed by atoms with Gasteiger partial charge in [0, 0.05) is 10.9 Å². The Morgan fingerprint density at radius 1 is 1.43 bits per heavy atom. The van der Waals surface area contributed by atoms with E-state index >= 15 is 0 Å². The average molecular weight is 396 g/mol. The quantitative estimate of drug-likeness (QED) is 0.815. The normalized spacial score (nSPS) is 11.4. The molecule has 5 nitrogen and oxygen atoms in total. The van der Waals surface area contributed by atoms with Crippen LogP contribution in [-0.4, -0.2) is 20.6 Å². The Hall–Kier alpha value is -1.16. The Morgan fingerprint density at radius 2 is 2.14 bits per heavy atom. The molecule has 0 bridgehead atoms. The minimum Gasteiger partial charge on any atom is -0.494 e. The number of halogens is 2. The lowest BCUT2D eigenvalue weighted by atomic mass is 10.3. The number of methoxy groups -OCH3 is 1. The Balaban J connectivity index is 2.35. The van der Waals surface area contributed by atoms with E-state index in [1.165, 1.54) is 25.3 Å². The van der Waals surface area contributed by atoms with E-state index in [1.54, 1.807) is 0 Å². The number of hydrogen-bond donors (Lipinski definition) is 2. The zero-order valence-electron chi connectivity index (χ0n) is 10.8. The van der Waals surface area contributed by atoms with Crippen molar-refractivity contribution in [1.82, 2.24) is 0 Å². The summed E-state index contributed by atoms with van der Waals surface area (Å²) < 4.78 is 45.4. The predicted molar refractivity (Wildman–Crippen MR) is 81.7 cm³/mol. The molecule has 21 heavy (non-hydrogen) atoms. The van der Waals surface area contributed by atoms with Crippen molar-refractivity contribution in [2.24, 2.45) is 0 Å². The summed E-state index contributed by atoms with van der Waals surface area (Å²) in [6.07, 6.45) is 0. The first-order valence-electron chi connectivity index (χ1n) is 5.63. The molecule has 114 valence electrons. The first-order valence-corrected chi connectivity index (χ1v) is 8.72. The summed E-state index contributed by atoms with van der Waals surface area (Å²) in [4.78, 5) is 0.527. The summed E-state index contributed by atoms with van der Waals surface area (Å²) in [5.74, 6) is -0.643. The van der Waals surface area contributed by atoms with Crippen molar-refractivity contribution in [2.75, 3.05) is 11.8 Å². The van der Waals surface area contributed by atoms with Gasteiger partial charge in [-0.15, -0.1) is 11.3 Å². The van der Waals surface area contributed by atoms with E-state index in [-0.39, 0.29) is 22.9 Å². The highest BCUT2D eigenvalue weighted by Gasteiger charge is 2.21. The largest absolute Gasteiger partial charge is 0.494 e. The molecule has 2 rings (SSSR count). The van der Waals surface area contributed by atoms with Crippen LogP contribution in [0.1, 0.15) is 4.88 Å². The molecule has 0 aliphatic carbocycles. The molecule has 0 saturated heterocycles. The van der Waals surface area contributed by atoms with Crippen LogP contribution < -0.4 is 9.46 Å². The fraction of sp³-hybridized carbons (Fsp3) is 0.167. The molecule has 0 fully saturated rings. The molecule has 9 heteroatoms. The van der Waals surface area contributed by atoms with Gasteiger partial charge in [-0.2, -0.15) is 0 Å². The second-order valence-corrected chi connectivity index (χ2v) is 8.07. The lowest BCUT2D eigenvalue weighted by Gasteiger charge is -2.09. The summed E-state index contributed by atoms with van der Waals surface area (Å²) in [5.41, 5.74) is 0.178. The van der Waals surface area contributed by atoms with Crippen LogP contribution in [0.25, 0.3) is 0 Å². The monoisotopic (exact) mass is 395 g/mol. The van der Waals surface area contributed by atoms with Gasteiger partial charge in [-0.25, -0.2) is 12.8 Å². The molecule has 1 heterocycles. The molecule has 0 unspecified atom stereocenters. The van der Waals surface area contributed by atoms with Gasteiger partial charge in [-0.3, -0.25) is 4.72 Å². The minimum absolute atomic E-state index is 0.0137. The lowest BCUT2D eigenvalue weighted by molar-refractivity contribution is 0.285. The fourth-order valence-corrected chi connectivity index (χ4v) is 5.19. The summed E-state index contributed by atoms with van der Waals surface area (Å²) in [6.45, 7) is -0.247. The molecule has 2 aromatic rings. The minimum atomic E-state index is -3.85. The third kappa shape index (κ3) is 3.54.